The molecule has 2 aromatic carbocycles. The zero-order valence-electron chi connectivity index (χ0n) is 12.9. The van der Waals surface area contributed by atoms with Gasteiger partial charge in [-0.1, -0.05) is 30.3 Å². The lowest BCUT2D eigenvalue weighted by Crippen LogP contribution is -2.08. The van der Waals surface area contributed by atoms with Gasteiger partial charge in [0.1, 0.15) is 0 Å². The first-order valence-electron chi connectivity index (χ1n) is 7.19. The van der Waals surface area contributed by atoms with Crippen molar-refractivity contribution in [2.45, 2.75) is 0 Å². The number of nitrogens with zero attached hydrogens (tertiary/aromatic N) is 2. The van der Waals surface area contributed by atoms with Crippen LogP contribution in [0.25, 0.3) is 10.9 Å². The average Bonchev–Trinajstić information content (AvgIpc) is 2.93. The summed E-state index contributed by atoms with van der Waals surface area (Å²) in [6.45, 7) is -0.285. The van der Waals surface area contributed by atoms with Gasteiger partial charge in [-0.2, -0.15) is 0 Å². The maximum absolute atomic E-state index is 11.8. The molecule has 3 rings (SSSR count). The number of aromatic hydroxyl groups is 1. The molecule has 0 saturated carbocycles. The van der Waals surface area contributed by atoms with Crippen molar-refractivity contribution in [2.24, 2.45) is 10.2 Å². The summed E-state index contributed by atoms with van der Waals surface area (Å²) in [5, 5.41) is 18.0. The van der Waals surface area contributed by atoms with Gasteiger partial charge >= 0.3 is 5.91 Å². The largest absolute Gasteiger partial charge is 0.493 e. The van der Waals surface area contributed by atoms with Crippen molar-refractivity contribution in [1.29, 1.82) is 0 Å². The fourth-order valence-electron chi connectivity index (χ4n) is 2.23. The third-order valence-corrected chi connectivity index (χ3v) is 3.34. The molecule has 0 aliphatic rings. The summed E-state index contributed by atoms with van der Waals surface area (Å²) < 4.78 is 10.5. The maximum Gasteiger partial charge on any atom is 0.302 e. The molecule has 0 unspecified atom stereocenters. The summed E-state index contributed by atoms with van der Waals surface area (Å²) in [5.41, 5.74) is 0.929. The highest BCUT2D eigenvalue weighted by molar-refractivity contribution is 5.94. The Bertz CT molecular complexity index is 902. The first-order chi connectivity index (χ1) is 11.7. The van der Waals surface area contributed by atoms with Crippen molar-refractivity contribution in [1.82, 2.24) is 4.98 Å². The van der Waals surface area contributed by atoms with Crippen LogP contribution < -0.4 is 9.47 Å². The molecule has 3 aromatic rings. The molecule has 122 valence electrons. The molecule has 0 radical (unpaired) electrons. The Morgan fingerprint density at radius 3 is 2.62 bits per heavy atom. The van der Waals surface area contributed by atoms with Crippen LogP contribution in [-0.4, -0.2) is 29.7 Å². The second kappa shape index (κ2) is 6.82. The second-order valence-electron chi connectivity index (χ2n) is 4.90. The number of hydrogen-bond donors (Lipinski definition) is 2. The molecule has 0 aliphatic heterocycles. The normalized spacial score (nSPS) is 11.0. The van der Waals surface area contributed by atoms with Gasteiger partial charge in [-0.15, -0.1) is 10.2 Å². The van der Waals surface area contributed by atoms with E-state index in [2.05, 4.69) is 15.2 Å². The fraction of sp³-hybridized carbons (Fsp3) is 0.118. The van der Waals surface area contributed by atoms with Gasteiger partial charge in [0.25, 0.3) is 0 Å². The molecular weight excluding hydrogens is 310 g/mol. The van der Waals surface area contributed by atoms with Crippen LogP contribution in [0.2, 0.25) is 0 Å². The van der Waals surface area contributed by atoms with E-state index >= 15 is 0 Å². The van der Waals surface area contributed by atoms with Crippen LogP contribution >= 0.6 is 0 Å². The Balaban J connectivity index is 1.70. The number of H-pyrrole nitrogens is 1. The van der Waals surface area contributed by atoms with Crippen molar-refractivity contribution in [3.8, 4) is 17.4 Å². The Labute approximate surface area is 137 Å². The van der Waals surface area contributed by atoms with Gasteiger partial charge < -0.3 is 19.6 Å². The Kier molecular flexibility index (Phi) is 4.42. The van der Waals surface area contributed by atoms with E-state index in [4.69, 9.17) is 9.47 Å². The summed E-state index contributed by atoms with van der Waals surface area (Å²) in [6, 6.07) is 14.2. The number of carbonyl (C=O) groups is 1. The zero-order valence-corrected chi connectivity index (χ0v) is 12.9. The molecule has 0 bridgehead atoms. The van der Waals surface area contributed by atoms with Gasteiger partial charge in [0.2, 0.25) is 5.88 Å². The van der Waals surface area contributed by atoms with E-state index < -0.39 is 5.91 Å². The number of carbonyl (C=O) groups excluding carboxylic acids is 1. The highest BCUT2D eigenvalue weighted by atomic mass is 16.5. The SMILES string of the molecule is COc1ccccc1OCC(=O)N=Nc1c(O)[nH]c2ccccc12. The molecular formula is C17H15N3O4. The first-order valence-corrected chi connectivity index (χ1v) is 7.19. The quantitative estimate of drug-likeness (QED) is 0.701. The number of aromatic nitrogens is 1. The first kappa shape index (κ1) is 15.5. The number of para-hydroxylation sites is 3. The minimum Gasteiger partial charge on any atom is -0.493 e. The topological polar surface area (TPSA) is 96.3 Å². The third kappa shape index (κ3) is 3.19. The smallest absolute Gasteiger partial charge is 0.302 e. The number of fused-ring (bicyclic) bond motifs is 1. The number of nitrogens with one attached hydrogen (secondary N) is 1. The van der Waals surface area contributed by atoms with Crippen LogP contribution in [0.15, 0.2) is 58.8 Å². The van der Waals surface area contributed by atoms with Gasteiger partial charge in [0.15, 0.2) is 23.8 Å². The number of methoxy groups -OCH3 is 1. The molecule has 24 heavy (non-hydrogen) atoms. The van der Waals surface area contributed by atoms with Crippen molar-refractivity contribution in [2.75, 3.05) is 13.7 Å². The molecule has 1 heterocycles. The summed E-state index contributed by atoms with van der Waals surface area (Å²) in [5.74, 6) is 0.249. The lowest BCUT2D eigenvalue weighted by molar-refractivity contribution is -0.120. The van der Waals surface area contributed by atoms with Gasteiger partial charge in [0, 0.05) is 5.39 Å². The van der Waals surface area contributed by atoms with Gasteiger partial charge in [-0.3, -0.25) is 4.79 Å². The number of aromatic amines is 1. The van der Waals surface area contributed by atoms with E-state index in [0.29, 0.717) is 22.4 Å². The fourth-order valence-corrected chi connectivity index (χ4v) is 2.23. The van der Waals surface area contributed by atoms with Crippen molar-refractivity contribution in [3.63, 3.8) is 0 Å². The van der Waals surface area contributed by atoms with E-state index in [1.807, 2.05) is 6.07 Å². The van der Waals surface area contributed by atoms with Gasteiger partial charge in [-0.05, 0) is 18.2 Å². The number of ether oxygens (including phenoxy) is 2. The molecule has 1 amide bonds. The Morgan fingerprint density at radius 2 is 1.83 bits per heavy atom. The number of azo groups is 1. The highest BCUT2D eigenvalue weighted by Crippen LogP contribution is 2.35. The summed E-state index contributed by atoms with van der Waals surface area (Å²) in [4.78, 5) is 14.6. The van der Waals surface area contributed by atoms with Crippen LogP contribution in [-0.2, 0) is 4.79 Å². The van der Waals surface area contributed by atoms with Gasteiger partial charge in [0.05, 0.1) is 12.6 Å². The van der Waals surface area contributed by atoms with Crippen LogP contribution in [0.5, 0.6) is 17.4 Å². The summed E-state index contributed by atoms with van der Waals surface area (Å²) >= 11 is 0. The molecule has 0 fully saturated rings. The Hall–Kier alpha value is -3.35. The van der Waals surface area contributed by atoms with Crippen LogP contribution in [0.4, 0.5) is 5.69 Å². The monoisotopic (exact) mass is 325 g/mol. The molecule has 0 spiro atoms. The number of amides is 1. The van der Waals surface area contributed by atoms with Crippen molar-refractivity contribution >= 4 is 22.5 Å². The lowest BCUT2D eigenvalue weighted by atomic mass is 10.2. The molecule has 7 heteroatoms. The van der Waals surface area contributed by atoms with E-state index in [9.17, 15) is 9.90 Å². The highest BCUT2D eigenvalue weighted by Gasteiger charge is 2.11. The molecule has 1 aromatic heterocycles. The third-order valence-electron chi connectivity index (χ3n) is 3.34. The lowest BCUT2D eigenvalue weighted by Gasteiger charge is -2.07. The van der Waals surface area contributed by atoms with Crippen LogP contribution in [0.3, 0.4) is 0 Å². The molecule has 2 N–H and O–H groups in total. The number of hydrogen-bond acceptors (Lipinski definition) is 5. The molecule has 7 nitrogen and oxygen atoms in total. The minimum atomic E-state index is -0.578. The predicted octanol–water partition coefficient (Wildman–Crippen LogP) is 3.57. The maximum atomic E-state index is 11.8. The predicted molar refractivity (Wildman–Crippen MR) is 88.0 cm³/mol. The minimum absolute atomic E-state index is 0.140. The standard InChI is InChI=1S/C17H15N3O4/c1-23-13-8-4-5-9-14(13)24-10-15(21)19-20-16-11-6-2-3-7-12(11)18-17(16)22/h2-9,18,22H,10H2,1H3. The zero-order chi connectivity index (χ0) is 16.9. The van der Waals surface area contributed by atoms with E-state index in [0.717, 1.165) is 0 Å². The van der Waals surface area contributed by atoms with Crippen LogP contribution in [0, 0.1) is 0 Å². The van der Waals surface area contributed by atoms with E-state index in [-0.39, 0.29) is 18.2 Å². The summed E-state index contributed by atoms with van der Waals surface area (Å²) in [7, 11) is 1.52. The van der Waals surface area contributed by atoms with E-state index in [1.54, 1.807) is 42.5 Å². The average molecular weight is 325 g/mol. The number of benzene rings is 2. The Morgan fingerprint density at radius 1 is 1.12 bits per heavy atom. The molecule has 0 saturated heterocycles. The molecule has 0 aliphatic carbocycles. The van der Waals surface area contributed by atoms with Crippen molar-refractivity contribution in [3.05, 3.63) is 48.5 Å². The second-order valence-corrected chi connectivity index (χ2v) is 4.90. The van der Waals surface area contributed by atoms with Crippen LogP contribution in [0.1, 0.15) is 0 Å². The number of rotatable bonds is 5. The molecule has 0 atom stereocenters. The van der Waals surface area contributed by atoms with Crippen molar-refractivity contribution < 1.29 is 19.4 Å². The van der Waals surface area contributed by atoms with E-state index in [1.165, 1.54) is 7.11 Å². The summed E-state index contributed by atoms with van der Waals surface area (Å²) in [6.07, 6.45) is 0. The van der Waals surface area contributed by atoms with Gasteiger partial charge in [-0.25, -0.2) is 0 Å².